The molecule has 0 spiro atoms. The number of ether oxygens (including phenoxy) is 2. The molecule has 10 nitrogen and oxygen atoms in total. The van der Waals surface area contributed by atoms with Crippen molar-refractivity contribution in [2.45, 2.75) is 13.1 Å². The number of carbonyl (C=O) groups is 1. The summed E-state index contributed by atoms with van der Waals surface area (Å²) in [5.41, 5.74) is 0.113. The molecule has 0 atom stereocenters. The number of pyridine rings is 2. The zero-order valence-corrected chi connectivity index (χ0v) is 19.8. The van der Waals surface area contributed by atoms with Crippen molar-refractivity contribution in [1.29, 1.82) is 0 Å². The fraction of sp³-hybridized carbons (Fsp3) is 0.208. The second-order valence-corrected chi connectivity index (χ2v) is 8.02. The number of hydrogen-bond acceptors (Lipinski definition) is 7. The van der Waals surface area contributed by atoms with Crippen LogP contribution in [0.5, 0.6) is 11.6 Å². The van der Waals surface area contributed by atoms with E-state index in [1.54, 1.807) is 49.6 Å². The van der Waals surface area contributed by atoms with Gasteiger partial charge in [0.25, 0.3) is 11.5 Å². The third-order valence-electron chi connectivity index (χ3n) is 5.33. The quantitative estimate of drug-likeness (QED) is 0.398. The predicted octanol–water partition coefficient (Wildman–Crippen LogP) is 2.16. The number of amides is 1. The van der Waals surface area contributed by atoms with E-state index in [0.717, 1.165) is 10.1 Å². The lowest BCUT2D eigenvalue weighted by molar-refractivity contribution is 0.0946. The minimum Gasteiger partial charge on any atom is -0.492 e. The van der Waals surface area contributed by atoms with E-state index in [4.69, 9.17) is 21.1 Å². The summed E-state index contributed by atoms with van der Waals surface area (Å²) in [5.74, 6) is 0.570. The first-order chi connectivity index (χ1) is 16.9. The average molecular weight is 496 g/mol. The fourth-order valence-corrected chi connectivity index (χ4v) is 3.55. The molecule has 0 fully saturated rings. The van der Waals surface area contributed by atoms with Crippen LogP contribution in [0.4, 0.5) is 0 Å². The molecule has 0 aliphatic rings. The first-order valence-electron chi connectivity index (χ1n) is 10.6. The van der Waals surface area contributed by atoms with Gasteiger partial charge >= 0.3 is 5.69 Å². The number of carbonyl (C=O) groups excluding carboxylic acids is 1. The van der Waals surface area contributed by atoms with Gasteiger partial charge in [-0.1, -0.05) is 17.7 Å². The maximum Gasteiger partial charge on any atom is 0.331 e. The topological polar surface area (TPSA) is 117 Å². The molecule has 4 aromatic rings. The van der Waals surface area contributed by atoms with Gasteiger partial charge in [-0.2, -0.15) is 0 Å². The first kappa shape index (κ1) is 24.0. The molecule has 35 heavy (non-hydrogen) atoms. The molecule has 4 rings (SSSR count). The Labute approximate surface area is 204 Å². The Morgan fingerprint density at radius 3 is 2.54 bits per heavy atom. The molecule has 180 valence electrons. The Hall–Kier alpha value is -4.18. The molecule has 11 heteroatoms. The van der Waals surface area contributed by atoms with Crippen molar-refractivity contribution in [3.05, 3.63) is 92.0 Å². The second kappa shape index (κ2) is 10.4. The van der Waals surface area contributed by atoms with Gasteiger partial charge in [-0.25, -0.2) is 14.8 Å². The summed E-state index contributed by atoms with van der Waals surface area (Å²) >= 11 is 5.87. The molecule has 0 radical (unpaired) electrons. The molecular weight excluding hydrogens is 474 g/mol. The molecule has 0 saturated heterocycles. The highest BCUT2D eigenvalue weighted by molar-refractivity contribution is 6.30. The van der Waals surface area contributed by atoms with E-state index >= 15 is 0 Å². The van der Waals surface area contributed by atoms with Crippen LogP contribution in [0.2, 0.25) is 5.02 Å². The SMILES string of the molecule is COc1ccc(CNC(=O)c2cc3c(=O)n(CCOc4ccc(Cl)cc4)c(=O)n(C)c3cn2)cn1. The number of aryl methyl sites for hydroxylation is 1. The number of rotatable bonds is 8. The highest BCUT2D eigenvalue weighted by atomic mass is 35.5. The van der Waals surface area contributed by atoms with Crippen LogP contribution < -0.4 is 26.0 Å². The molecule has 0 saturated carbocycles. The molecule has 0 aliphatic heterocycles. The molecular formula is C24H22ClN5O5. The van der Waals surface area contributed by atoms with Crippen LogP contribution in [-0.2, 0) is 20.1 Å². The standard InChI is InChI=1S/C24H22ClN5O5/c1-29-20-14-26-19(22(31)28-13-15-3-8-21(34-2)27-12-15)11-18(20)23(32)30(24(29)33)9-10-35-17-6-4-16(25)5-7-17/h3-8,11-12,14H,9-10,13H2,1-2H3,(H,28,31). The van der Waals surface area contributed by atoms with Crippen molar-refractivity contribution in [1.82, 2.24) is 24.4 Å². The van der Waals surface area contributed by atoms with Crippen molar-refractivity contribution in [2.24, 2.45) is 7.05 Å². The smallest absolute Gasteiger partial charge is 0.331 e. The van der Waals surface area contributed by atoms with Gasteiger partial charge in [-0.3, -0.25) is 18.7 Å². The van der Waals surface area contributed by atoms with Gasteiger partial charge in [0.1, 0.15) is 18.1 Å². The van der Waals surface area contributed by atoms with E-state index in [-0.39, 0.29) is 30.8 Å². The summed E-state index contributed by atoms with van der Waals surface area (Å²) in [5, 5.41) is 3.52. The molecule has 0 bridgehead atoms. The van der Waals surface area contributed by atoms with E-state index < -0.39 is 17.2 Å². The maximum atomic E-state index is 13.1. The Kier molecular flexibility index (Phi) is 7.11. The fourth-order valence-electron chi connectivity index (χ4n) is 3.42. The highest BCUT2D eigenvalue weighted by Crippen LogP contribution is 2.15. The molecule has 3 heterocycles. The van der Waals surface area contributed by atoms with Crippen LogP contribution in [0.3, 0.4) is 0 Å². The second-order valence-electron chi connectivity index (χ2n) is 7.58. The zero-order chi connectivity index (χ0) is 24.9. The van der Waals surface area contributed by atoms with Crippen molar-refractivity contribution in [3.8, 4) is 11.6 Å². The number of benzene rings is 1. The van der Waals surface area contributed by atoms with Crippen LogP contribution in [-0.4, -0.2) is 38.7 Å². The predicted molar refractivity (Wildman–Crippen MR) is 130 cm³/mol. The molecule has 3 aromatic heterocycles. The lowest BCUT2D eigenvalue weighted by Gasteiger charge is -2.12. The van der Waals surface area contributed by atoms with Crippen LogP contribution >= 0.6 is 11.6 Å². The molecule has 0 aliphatic carbocycles. The van der Waals surface area contributed by atoms with Crippen LogP contribution in [0.25, 0.3) is 10.9 Å². The van der Waals surface area contributed by atoms with Crippen molar-refractivity contribution in [3.63, 3.8) is 0 Å². The van der Waals surface area contributed by atoms with Crippen molar-refractivity contribution < 1.29 is 14.3 Å². The average Bonchev–Trinajstić information content (AvgIpc) is 2.89. The number of methoxy groups -OCH3 is 1. The number of nitrogens with one attached hydrogen (secondary N) is 1. The zero-order valence-electron chi connectivity index (χ0n) is 19.0. The lowest BCUT2D eigenvalue weighted by atomic mass is 10.2. The molecule has 1 amide bonds. The summed E-state index contributed by atoms with van der Waals surface area (Å²) in [7, 11) is 3.06. The largest absolute Gasteiger partial charge is 0.492 e. The number of fused-ring (bicyclic) bond motifs is 1. The van der Waals surface area contributed by atoms with E-state index in [9.17, 15) is 14.4 Å². The highest BCUT2D eigenvalue weighted by Gasteiger charge is 2.15. The van der Waals surface area contributed by atoms with Gasteiger partial charge < -0.3 is 14.8 Å². The minimum absolute atomic E-state index is 0.0262. The van der Waals surface area contributed by atoms with E-state index in [1.165, 1.54) is 23.9 Å². The number of halogens is 1. The normalized spacial score (nSPS) is 10.8. The molecule has 0 unspecified atom stereocenters. The first-order valence-corrected chi connectivity index (χ1v) is 11.0. The van der Waals surface area contributed by atoms with Crippen molar-refractivity contribution in [2.75, 3.05) is 13.7 Å². The Morgan fingerprint density at radius 1 is 1.09 bits per heavy atom. The number of nitrogens with zero attached hydrogens (tertiary/aromatic N) is 4. The third kappa shape index (κ3) is 5.33. The van der Waals surface area contributed by atoms with Crippen molar-refractivity contribution >= 4 is 28.4 Å². The van der Waals surface area contributed by atoms with Gasteiger partial charge in [0.05, 0.1) is 30.8 Å². The summed E-state index contributed by atoms with van der Waals surface area (Å²) in [6.07, 6.45) is 2.93. The van der Waals surface area contributed by atoms with Crippen LogP contribution in [0.1, 0.15) is 16.1 Å². The Morgan fingerprint density at radius 2 is 1.86 bits per heavy atom. The van der Waals surface area contributed by atoms with E-state index in [1.807, 2.05) is 0 Å². The maximum absolute atomic E-state index is 13.1. The lowest BCUT2D eigenvalue weighted by Crippen LogP contribution is -2.40. The summed E-state index contributed by atoms with van der Waals surface area (Å²) < 4.78 is 13.0. The number of hydrogen-bond donors (Lipinski definition) is 1. The minimum atomic E-state index is -0.529. The summed E-state index contributed by atoms with van der Waals surface area (Å²) in [6, 6.07) is 11.6. The molecule has 1 aromatic carbocycles. The number of aromatic nitrogens is 4. The van der Waals surface area contributed by atoms with E-state index in [0.29, 0.717) is 22.2 Å². The monoisotopic (exact) mass is 495 g/mol. The summed E-state index contributed by atoms with van der Waals surface area (Å²) in [6.45, 7) is 0.337. The van der Waals surface area contributed by atoms with Gasteiger partial charge in [0.15, 0.2) is 0 Å². The van der Waals surface area contributed by atoms with Gasteiger partial charge in [-0.15, -0.1) is 0 Å². The molecule has 1 N–H and O–H groups in total. The summed E-state index contributed by atoms with van der Waals surface area (Å²) in [4.78, 5) is 46.7. The Bertz CT molecular complexity index is 1480. The van der Waals surface area contributed by atoms with Gasteiger partial charge in [-0.05, 0) is 35.9 Å². The van der Waals surface area contributed by atoms with Gasteiger partial charge in [0, 0.05) is 30.9 Å². The van der Waals surface area contributed by atoms with E-state index in [2.05, 4.69) is 15.3 Å². The van der Waals surface area contributed by atoms with Crippen LogP contribution in [0, 0.1) is 0 Å². The Balaban J connectivity index is 1.53. The van der Waals surface area contributed by atoms with Crippen LogP contribution in [0.15, 0.2) is 64.4 Å². The van der Waals surface area contributed by atoms with Gasteiger partial charge in [0.2, 0.25) is 5.88 Å². The third-order valence-corrected chi connectivity index (χ3v) is 5.58.